The zero-order valence-corrected chi connectivity index (χ0v) is 12.8. The van der Waals surface area contributed by atoms with Gasteiger partial charge in [-0.25, -0.2) is 0 Å². The molecule has 1 aliphatic rings. The Labute approximate surface area is 120 Å². The minimum Gasteiger partial charge on any atom is -0.385 e. The molecule has 0 aromatic carbocycles. The summed E-state index contributed by atoms with van der Waals surface area (Å²) < 4.78 is 1.67. The highest BCUT2D eigenvalue weighted by Gasteiger charge is 2.37. The number of hydrogen-bond donors (Lipinski definition) is 1. The average Bonchev–Trinajstić information content (AvgIpc) is 2.61. The summed E-state index contributed by atoms with van der Waals surface area (Å²) in [7, 11) is 1.82. The first-order chi connectivity index (χ1) is 8.94. The van der Waals surface area contributed by atoms with Gasteiger partial charge in [0.1, 0.15) is 6.10 Å². The van der Waals surface area contributed by atoms with E-state index >= 15 is 0 Å². The molecular formula is C14H24ClN3O. The molecule has 0 radical (unpaired) electrons. The topological polar surface area (TPSA) is 41.3 Å². The molecule has 1 atom stereocenters. The normalized spacial score (nSPS) is 20.3. The van der Waals surface area contributed by atoms with Crippen molar-refractivity contribution in [2.75, 3.05) is 13.1 Å². The van der Waals surface area contributed by atoms with Crippen molar-refractivity contribution in [3.05, 3.63) is 16.9 Å². The van der Waals surface area contributed by atoms with Crippen molar-refractivity contribution < 1.29 is 5.11 Å². The summed E-state index contributed by atoms with van der Waals surface area (Å²) in [4.78, 5) is 2.38. The summed E-state index contributed by atoms with van der Waals surface area (Å²) in [6, 6.07) is 0. The molecule has 108 valence electrons. The van der Waals surface area contributed by atoms with Crippen LogP contribution in [-0.2, 0) is 7.05 Å². The molecule has 1 N–H and O–H groups in total. The Hall–Kier alpha value is -0.580. The number of likely N-dealkylation sites (tertiary alicyclic amines) is 1. The molecule has 0 saturated carbocycles. The van der Waals surface area contributed by atoms with Gasteiger partial charge in [-0.2, -0.15) is 5.10 Å². The molecule has 2 heterocycles. The molecule has 4 nitrogen and oxygen atoms in total. The van der Waals surface area contributed by atoms with E-state index in [1.807, 2.05) is 7.05 Å². The number of hydrogen-bond acceptors (Lipinski definition) is 3. The third kappa shape index (κ3) is 2.96. The van der Waals surface area contributed by atoms with Crippen LogP contribution in [0.2, 0.25) is 5.02 Å². The van der Waals surface area contributed by atoms with Crippen LogP contribution in [0.25, 0.3) is 0 Å². The summed E-state index contributed by atoms with van der Waals surface area (Å²) >= 11 is 6.16. The van der Waals surface area contributed by atoms with Gasteiger partial charge in [-0.05, 0) is 39.8 Å². The number of aliphatic hydroxyl groups is 1. The average molecular weight is 286 g/mol. The van der Waals surface area contributed by atoms with Crippen LogP contribution < -0.4 is 0 Å². The highest BCUT2D eigenvalue weighted by molar-refractivity contribution is 6.31. The standard InChI is InChI=1S/C14H24ClN3O/c1-14(2,18-8-6-4-5-7-9-18)13(19)12-11(15)10-16-17(12)3/h10,13,19H,4-9H2,1-3H3. The number of halogens is 1. The lowest BCUT2D eigenvalue weighted by Crippen LogP contribution is -2.49. The summed E-state index contributed by atoms with van der Waals surface area (Å²) in [5.74, 6) is 0. The van der Waals surface area contributed by atoms with Gasteiger partial charge < -0.3 is 5.11 Å². The Morgan fingerprint density at radius 1 is 1.26 bits per heavy atom. The van der Waals surface area contributed by atoms with E-state index < -0.39 is 6.10 Å². The Balaban J connectivity index is 2.22. The van der Waals surface area contributed by atoms with E-state index in [0.717, 1.165) is 13.1 Å². The van der Waals surface area contributed by atoms with Crippen LogP contribution in [0.1, 0.15) is 51.3 Å². The number of aryl methyl sites for hydroxylation is 1. The molecule has 1 unspecified atom stereocenters. The van der Waals surface area contributed by atoms with E-state index in [2.05, 4.69) is 23.8 Å². The van der Waals surface area contributed by atoms with Crippen molar-refractivity contribution in [1.82, 2.24) is 14.7 Å². The maximum absolute atomic E-state index is 10.8. The fraction of sp³-hybridized carbons (Fsp3) is 0.786. The summed E-state index contributed by atoms with van der Waals surface area (Å²) in [5, 5.41) is 15.4. The molecule has 5 heteroatoms. The van der Waals surface area contributed by atoms with Gasteiger partial charge in [-0.15, -0.1) is 0 Å². The van der Waals surface area contributed by atoms with Crippen LogP contribution >= 0.6 is 11.6 Å². The van der Waals surface area contributed by atoms with Crippen LogP contribution in [-0.4, -0.2) is 38.4 Å². The number of rotatable bonds is 3. The third-order valence-corrected chi connectivity index (χ3v) is 4.58. The lowest BCUT2D eigenvalue weighted by Gasteiger charge is -2.41. The van der Waals surface area contributed by atoms with E-state index in [0.29, 0.717) is 10.7 Å². The molecule has 0 amide bonds. The molecule has 19 heavy (non-hydrogen) atoms. The summed E-state index contributed by atoms with van der Waals surface area (Å²) in [6.45, 7) is 6.26. The molecule has 0 spiro atoms. The minimum absolute atomic E-state index is 0.332. The van der Waals surface area contributed by atoms with Crippen LogP contribution in [0.5, 0.6) is 0 Å². The first kappa shape index (κ1) is 14.8. The largest absolute Gasteiger partial charge is 0.385 e. The van der Waals surface area contributed by atoms with Crippen LogP contribution in [0.3, 0.4) is 0 Å². The van der Waals surface area contributed by atoms with E-state index in [4.69, 9.17) is 11.6 Å². The molecule has 1 aliphatic heterocycles. The molecule has 1 saturated heterocycles. The number of aliphatic hydroxyl groups excluding tert-OH is 1. The maximum atomic E-state index is 10.8. The molecule has 1 fully saturated rings. The quantitative estimate of drug-likeness (QED) is 0.928. The predicted molar refractivity (Wildman–Crippen MR) is 77.3 cm³/mol. The monoisotopic (exact) mass is 285 g/mol. The maximum Gasteiger partial charge on any atom is 0.115 e. The van der Waals surface area contributed by atoms with E-state index in [9.17, 15) is 5.11 Å². The second-order valence-electron chi connectivity index (χ2n) is 5.96. The van der Waals surface area contributed by atoms with E-state index in [1.165, 1.54) is 25.7 Å². The van der Waals surface area contributed by atoms with Gasteiger partial charge in [-0.3, -0.25) is 9.58 Å². The fourth-order valence-electron chi connectivity index (χ4n) is 2.88. The van der Waals surface area contributed by atoms with E-state index in [1.54, 1.807) is 10.9 Å². The zero-order valence-electron chi connectivity index (χ0n) is 12.1. The van der Waals surface area contributed by atoms with Crippen molar-refractivity contribution in [2.24, 2.45) is 7.05 Å². The Morgan fingerprint density at radius 3 is 2.32 bits per heavy atom. The lowest BCUT2D eigenvalue weighted by atomic mass is 9.92. The molecule has 1 aromatic rings. The first-order valence-electron chi connectivity index (χ1n) is 7.05. The summed E-state index contributed by atoms with van der Waals surface area (Å²) in [6.07, 6.45) is 5.94. The molecular weight excluding hydrogens is 262 g/mol. The second kappa shape index (κ2) is 5.81. The van der Waals surface area contributed by atoms with Gasteiger partial charge >= 0.3 is 0 Å². The van der Waals surface area contributed by atoms with Crippen LogP contribution in [0, 0.1) is 0 Å². The van der Waals surface area contributed by atoms with Crippen molar-refractivity contribution in [3.8, 4) is 0 Å². The van der Waals surface area contributed by atoms with Gasteiger partial charge in [0.25, 0.3) is 0 Å². The Bertz CT molecular complexity index is 403. The van der Waals surface area contributed by atoms with Crippen molar-refractivity contribution in [1.29, 1.82) is 0 Å². The Morgan fingerprint density at radius 2 is 1.84 bits per heavy atom. The zero-order chi connectivity index (χ0) is 14.0. The van der Waals surface area contributed by atoms with E-state index in [-0.39, 0.29) is 5.54 Å². The van der Waals surface area contributed by atoms with Gasteiger partial charge in [0, 0.05) is 12.6 Å². The Kier molecular flexibility index (Phi) is 4.54. The third-order valence-electron chi connectivity index (χ3n) is 4.29. The number of aromatic nitrogens is 2. The van der Waals surface area contributed by atoms with Gasteiger partial charge in [0.05, 0.1) is 16.9 Å². The van der Waals surface area contributed by atoms with Crippen molar-refractivity contribution in [3.63, 3.8) is 0 Å². The fourth-order valence-corrected chi connectivity index (χ4v) is 3.15. The lowest BCUT2D eigenvalue weighted by molar-refractivity contribution is -0.0142. The highest BCUT2D eigenvalue weighted by Crippen LogP contribution is 2.35. The minimum atomic E-state index is -0.634. The van der Waals surface area contributed by atoms with Crippen molar-refractivity contribution in [2.45, 2.75) is 51.2 Å². The predicted octanol–water partition coefficient (Wildman–Crippen LogP) is 2.76. The number of nitrogens with zero attached hydrogens (tertiary/aromatic N) is 3. The SMILES string of the molecule is Cn1ncc(Cl)c1C(O)C(C)(C)N1CCCCCC1. The molecule has 0 bridgehead atoms. The molecule has 0 aliphatic carbocycles. The van der Waals surface area contributed by atoms with Crippen LogP contribution in [0.4, 0.5) is 0 Å². The first-order valence-corrected chi connectivity index (χ1v) is 7.43. The molecule has 2 rings (SSSR count). The second-order valence-corrected chi connectivity index (χ2v) is 6.37. The smallest absolute Gasteiger partial charge is 0.115 e. The van der Waals surface area contributed by atoms with Gasteiger partial charge in [-0.1, -0.05) is 24.4 Å². The highest BCUT2D eigenvalue weighted by atomic mass is 35.5. The van der Waals surface area contributed by atoms with Crippen molar-refractivity contribution >= 4 is 11.6 Å². The van der Waals surface area contributed by atoms with Crippen LogP contribution in [0.15, 0.2) is 6.20 Å². The molecule has 1 aromatic heterocycles. The summed E-state index contributed by atoms with van der Waals surface area (Å²) in [5.41, 5.74) is 0.373. The van der Waals surface area contributed by atoms with Gasteiger partial charge in [0.2, 0.25) is 0 Å². The van der Waals surface area contributed by atoms with Gasteiger partial charge in [0.15, 0.2) is 0 Å².